The molecule has 1 aliphatic heterocycles. The molecule has 1 aliphatic rings. The summed E-state index contributed by atoms with van der Waals surface area (Å²) in [5, 5.41) is 0. The fourth-order valence-electron chi connectivity index (χ4n) is 2.51. The fraction of sp³-hybridized carbons (Fsp3) is 0.357. The minimum atomic E-state index is -3.26. The molecule has 0 saturated carbocycles. The van der Waals surface area contributed by atoms with Crippen LogP contribution in [-0.4, -0.2) is 29.9 Å². The summed E-state index contributed by atoms with van der Waals surface area (Å²) in [6, 6.07) is 5.82. The van der Waals surface area contributed by atoms with Gasteiger partial charge in [0, 0.05) is 29.3 Å². The number of H-pyrrole nitrogens is 1. The van der Waals surface area contributed by atoms with Gasteiger partial charge in [0.1, 0.15) is 0 Å². The summed E-state index contributed by atoms with van der Waals surface area (Å²) in [6.45, 7) is 1.64. The van der Waals surface area contributed by atoms with Gasteiger partial charge in [0.25, 0.3) is 0 Å². The van der Waals surface area contributed by atoms with Crippen molar-refractivity contribution in [1.29, 1.82) is 0 Å². The van der Waals surface area contributed by atoms with Gasteiger partial charge in [-0.15, -0.1) is 0 Å². The van der Waals surface area contributed by atoms with E-state index < -0.39 is 10.0 Å². The van der Waals surface area contributed by atoms with Gasteiger partial charge in [-0.1, -0.05) is 12.1 Å². The van der Waals surface area contributed by atoms with Crippen molar-refractivity contribution >= 4 is 27.5 Å². The van der Waals surface area contributed by atoms with Crippen LogP contribution in [-0.2, 0) is 15.8 Å². The van der Waals surface area contributed by atoms with Crippen LogP contribution in [0.5, 0.6) is 0 Å². The molecular formula is C14H17N3O2S2. The Balaban J connectivity index is 2.02. The Morgan fingerprint density at radius 1 is 1.48 bits per heavy atom. The quantitative estimate of drug-likeness (QED) is 0.907. The van der Waals surface area contributed by atoms with Crippen molar-refractivity contribution in [1.82, 2.24) is 9.97 Å². The Morgan fingerprint density at radius 2 is 2.33 bits per heavy atom. The second-order valence-corrected chi connectivity index (χ2v) is 7.99. The zero-order chi connectivity index (χ0) is 14.9. The Kier molecular flexibility index (Phi) is 3.95. The number of anilines is 1. The molecule has 0 amide bonds. The highest BCUT2D eigenvalue weighted by atomic mass is 32.2. The first kappa shape index (κ1) is 14.5. The zero-order valence-corrected chi connectivity index (χ0v) is 13.3. The summed E-state index contributed by atoms with van der Waals surface area (Å²) < 4.78 is 26.4. The molecule has 3 rings (SSSR count). The molecular weight excluding hydrogens is 306 g/mol. The Morgan fingerprint density at radius 3 is 3.05 bits per heavy atom. The number of nitrogens with one attached hydrogen (secondary N) is 2. The largest absolute Gasteiger partial charge is 0.348 e. The monoisotopic (exact) mass is 323 g/mol. The lowest BCUT2D eigenvalue weighted by Gasteiger charge is -2.26. The number of sulfonamides is 1. The first-order chi connectivity index (χ1) is 10.1. The van der Waals surface area contributed by atoms with Gasteiger partial charge in [-0.25, -0.2) is 13.4 Å². The maximum Gasteiger partial charge on any atom is 0.232 e. The standard InChI is InChI=1S/C14H17N3O2S2/c1-2-21(18,19)17-13-5-3-4-10-11(13)7-20-8-12(10)14-6-15-9-16-14/h3-6,9,12,17H,2,7-8H2,1H3,(H,15,16). The number of imidazole rings is 1. The molecule has 1 aromatic heterocycles. The van der Waals surface area contributed by atoms with E-state index in [0.717, 1.165) is 22.8 Å². The van der Waals surface area contributed by atoms with Crippen LogP contribution >= 0.6 is 11.8 Å². The maximum absolute atomic E-state index is 11.8. The van der Waals surface area contributed by atoms with Gasteiger partial charge in [-0.3, -0.25) is 4.72 Å². The smallest absolute Gasteiger partial charge is 0.232 e. The first-order valence-electron chi connectivity index (χ1n) is 6.79. The number of fused-ring (bicyclic) bond motifs is 1. The van der Waals surface area contributed by atoms with Crippen LogP contribution in [0.4, 0.5) is 5.69 Å². The predicted molar refractivity (Wildman–Crippen MR) is 86.1 cm³/mol. The number of hydrogen-bond donors (Lipinski definition) is 2. The summed E-state index contributed by atoms with van der Waals surface area (Å²) in [5.74, 6) is 2.10. The van der Waals surface area contributed by atoms with Crippen molar-refractivity contribution < 1.29 is 8.42 Å². The van der Waals surface area contributed by atoms with Crippen molar-refractivity contribution in [2.24, 2.45) is 0 Å². The van der Waals surface area contributed by atoms with Crippen molar-refractivity contribution in [3.05, 3.63) is 47.5 Å². The van der Waals surface area contributed by atoms with Gasteiger partial charge >= 0.3 is 0 Å². The molecule has 2 N–H and O–H groups in total. The maximum atomic E-state index is 11.8. The van der Waals surface area contributed by atoms with Crippen LogP contribution in [0.25, 0.3) is 0 Å². The molecule has 0 spiro atoms. The molecule has 21 heavy (non-hydrogen) atoms. The molecule has 0 bridgehead atoms. The molecule has 0 saturated heterocycles. The lowest BCUT2D eigenvalue weighted by atomic mass is 9.92. The summed E-state index contributed by atoms with van der Waals surface area (Å²) in [6.07, 6.45) is 3.52. The molecule has 2 aromatic rings. The highest BCUT2D eigenvalue weighted by molar-refractivity contribution is 7.98. The van der Waals surface area contributed by atoms with Gasteiger partial charge in [-0.2, -0.15) is 11.8 Å². The van der Waals surface area contributed by atoms with Crippen LogP contribution in [0.3, 0.4) is 0 Å². The van der Waals surface area contributed by atoms with E-state index >= 15 is 0 Å². The molecule has 2 heterocycles. The van der Waals surface area contributed by atoms with Crippen molar-refractivity contribution in [2.75, 3.05) is 16.2 Å². The molecule has 7 heteroatoms. The minimum Gasteiger partial charge on any atom is -0.348 e. The second kappa shape index (κ2) is 5.73. The molecule has 0 radical (unpaired) electrons. The molecule has 1 aromatic carbocycles. The molecule has 5 nitrogen and oxygen atoms in total. The third-order valence-electron chi connectivity index (χ3n) is 3.66. The molecule has 1 unspecified atom stereocenters. The average molecular weight is 323 g/mol. The van der Waals surface area contributed by atoms with E-state index in [4.69, 9.17) is 0 Å². The van der Waals surface area contributed by atoms with Gasteiger partial charge in [0.2, 0.25) is 10.0 Å². The number of benzene rings is 1. The fourth-order valence-corrected chi connectivity index (χ4v) is 4.42. The van der Waals surface area contributed by atoms with Crippen molar-refractivity contribution in [3.8, 4) is 0 Å². The van der Waals surface area contributed by atoms with Crippen LogP contribution < -0.4 is 4.72 Å². The van der Waals surface area contributed by atoms with E-state index in [1.807, 2.05) is 30.1 Å². The van der Waals surface area contributed by atoms with Crippen molar-refractivity contribution in [3.63, 3.8) is 0 Å². The number of hydrogen-bond acceptors (Lipinski definition) is 4. The Bertz CT molecular complexity index is 727. The van der Waals surface area contributed by atoms with Gasteiger partial charge in [0.05, 0.1) is 17.8 Å². The highest BCUT2D eigenvalue weighted by Crippen LogP contribution is 2.40. The molecule has 0 fully saturated rings. The van der Waals surface area contributed by atoms with Crippen LogP contribution in [0.1, 0.15) is 29.7 Å². The summed E-state index contributed by atoms with van der Waals surface area (Å²) >= 11 is 1.81. The number of thioether (sulfide) groups is 1. The third-order valence-corrected chi connectivity index (χ3v) is 6.01. The van der Waals surface area contributed by atoms with E-state index in [2.05, 4.69) is 20.8 Å². The zero-order valence-electron chi connectivity index (χ0n) is 11.7. The third kappa shape index (κ3) is 2.94. The summed E-state index contributed by atoms with van der Waals surface area (Å²) in [4.78, 5) is 7.25. The minimum absolute atomic E-state index is 0.0772. The van der Waals surface area contributed by atoms with Crippen LogP contribution in [0, 0.1) is 0 Å². The average Bonchev–Trinajstić information content (AvgIpc) is 3.01. The van der Waals surface area contributed by atoms with E-state index in [0.29, 0.717) is 5.69 Å². The Hall–Kier alpha value is -1.47. The lowest BCUT2D eigenvalue weighted by Crippen LogP contribution is -2.19. The van der Waals surface area contributed by atoms with Gasteiger partial charge < -0.3 is 4.98 Å². The molecule has 112 valence electrons. The van der Waals surface area contributed by atoms with Crippen LogP contribution in [0.2, 0.25) is 0 Å². The number of nitrogens with zero attached hydrogens (tertiary/aromatic N) is 1. The van der Waals surface area contributed by atoms with Gasteiger partial charge in [0.15, 0.2) is 0 Å². The number of aromatic nitrogens is 2. The Labute approximate surface area is 128 Å². The van der Waals surface area contributed by atoms with Gasteiger partial charge in [-0.05, 0) is 24.1 Å². The molecule has 0 aliphatic carbocycles. The van der Waals surface area contributed by atoms with E-state index in [1.165, 1.54) is 5.56 Å². The van der Waals surface area contributed by atoms with E-state index in [-0.39, 0.29) is 11.7 Å². The normalized spacial score (nSPS) is 18.2. The van der Waals surface area contributed by atoms with Crippen molar-refractivity contribution in [2.45, 2.75) is 18.6 Å². The predicted octanol–water partition coefficient (Wildman–Crippen LogP) is 2.55. The summed E-state index contributed by atoms with van der Waals surface area (Å²) in [7, 11) is -3.26. The van der Waals surface area contributed by atoms with Crippen LogP contribution in [0.15, 0.2) is 30.7 Å². The topological polar surface area (TPSA) is 74.8 Å². The number of rotatable bonds is 4. The first-order valence-corrected chi connectivity index (χ1v) is 9.59. The SMILES string of the molecule is CCS(=O)(=O)Nc1cccc2c1CSCC2c1cnc[nH]1. The summed E-state index contributed by atoms with van der Waals surface area (Å²) in [5.41, 5.74) is 4.02. The van der Waals surface area contributed by atoms with E-state index in [1.54, 1.807) is 13.3 Å². The van der Waals surface area contributed by atoms with E-state index in [9.17, 15) is 8.42 Å². The lowest BCUT2D eigenvalue weighted by molar-refractivity contribution is 0.602. The second-order valence-electron chi connectivity index (χ2n) is 4.95. The highest BCUT2D eigenvalue weighted by Gasteiger charge is 2.25. The molecule has 1 atom stereocenters. The number of aromatic amines is 1.